The van der Waals surface area contributed by atoms with Gasteiger partial charge in [0, 0.05) is 6.54 Å². The molecule has 0 amide bonds. The topological polar surface area (TPSA) is 38.0 Å². The second-order valence-corrected chi connectivity index (χ2v) is 6.21. The second kappa shape index (κ2) is 5.44. The summed E-state index contributed by atoms with van der Waals surface area (Å²) in [5.41, 5.74) is 9.38. The first kappa shape index (κ1) is 13.9. The summed E-state index contributed by atoms with van der Waals surface area (Å²) < 4.78 is 0. The first-order valence-electron chi connectivity index (χ1n) is 6.40. The van der Waals surface area contributed by atoms with E-state index in [9.17, 15) is 0 Å². The molecule has 0 spiro atoms. The van der Waals surface area contributed by atoms with Crippen molar-refractivity contribution in [2.45, 2.75) is 41.0 Å². The number of nitrogens with two attached hydrogens (primary N) is 1. The largest absolute Gasteiger partial charge is 0.397 e. The molecule has 0 unspecified atom stereocenters. The second-order valence-electron chi connectivity index (χ2n) is 6.21. The van der Waals surface area contributed by atoms with Crippen molar-refractivity contribution in [2.24, 2.45) is 11.3 Å². The SMILES string of the molecule is Cc1ccc(N)c(NCC(C)(C)CC(C)C)c1. The van der Waals surface area contributed by atoms with Crippen molar-refractivity contribution < 1.29 is 0 Å². The summed E-state index contributed by atoms with van der Waals surface area (Å²) in [5.74, 6) is 0.724. The third-order valence-electron chi connectivity index (χ3n) is 2.93. The molecule has 0 aliphatic carbocycles. The van der Waals surface area contributed by atoms with E-state index in [4.69, 9.17) is 5.73 Å². The molecule has 1 aromatic rings. The van der Waals surface area contributed by atoms with Crippen LogP contribution in [0, 0.1) is 18.3 Å². The van der Waals surface area contributed by atoms with Gasteiger partial charge < -0.3 is 11.1 Å². The van der Waals surface area contributed by atoms with Gasteiger partial charge in [-0.1, -0.05) is 33.8 Å². The van der Waals surface area contributed by atoms with Crippen molar-refractivity contribution in [2.75, 3.05) is 17.6 Å². The number of hydrogen-bond acceptors (Lipinski definition) is 2. The lowest BCUT2D eigenvalue weighted by molar-refractivity contribution is 0.306. The highest BCUT2D eigenvalue weighted by Gasteiger charge is 2.19. The van der Waals surface area contributed by atoms with Crippen molar-refractivity contribution in [3.8, 4) is 0 Å². The Morgan fingerprint density at radius 1 is 1.29 bits per heavy atom. The Kier molecular flexibility index (Phi) is 4.44. The van der Waals surface area contributed by atoms with E-state index in [0.29, 0.717) is 5.41 Å². The number of benzene rings is 1. The molecule has 2 heteroatoms. The Morgan fingerprint density at radius 2 is 1.94 bits per heavy atom. The number of hydrogen-bond donors (Lipinski definition) is 2. The molecule has 17 heavy (non-hydrogen) atoms. The van der Waals surface area contributed by atoms with Crippen LogP contribution in [0.15, 0.2) is 18.2 Å². The third-order valence-corrected chi connectivity index (χ3v) is 2.93. The van der Waals surface area contributed by atoms with E-state index >= 15 is 0 Å². The Labute approximate surface area is 106 Å². The fraction of sp³-hybridized carbons (Fsp3) is 0.600. The van der Waals surface area contributed by atoms with Gasteiger partial charge in [-0.2, -0.15) is 0 Å². The van der Waals surface area contributed by atoms with E-state index in [-0.39, 0.29) is 0 Å². The molecule has 0 saturated heterocycles. The molecule has 2 nitrogen and oxygen atoms in total. The standard InChI is InChI=1S/C15H26N2/c1-11(2)9-15(4,5)10-17-14-8-12(3)6-7-13(14)16/h6-8,11,17H,9-10,16H2,1-5H3. The highest BCUT2D eigenvalue weighted by Crippen LogP contribution is 2.27. The van der Waals surface area contributed by atoms with E-state index in [0.717, 1.165) is 23.8 Å². The highest BCUT2D eigenvalue weighted by atomic mass is 14.9. The predicted octanol–water partition coefficient (Wildman–Crippen LogP) is 4.06. The van der Waals surface area contributed by atoms with Gasteiger partial charge in [0.1, 0.15) is 0 Å². The van der Waals surface area contributed by atoms with Crippen molar-refractivity contribution in [1.29, 1.82) is 0 Å². The number of anilines is 2. The molecule has 0 aliphatic heterocycles. The molecule has 0 aromatic heterocycles. The van der Waals surface area contributed by atoms with Gasteiger partial charge in [0.2, 0.25) is 0 Å². The van der Waals surface area contributed by atoms with Crippen LogP contribution in [0.3, 0.4) is 0 Å². The zero-order valence-corrected chi connectivity index (χ0v) is 11.8. The van der Waals surface area contributed by atoms with E-state index < -0.39 is 0 Å². The van der Waals surface area contributed by atoms with Crippen molar-refractivity contribution in [1.82, 2.24) is 0 Å². The molecule has 0 heterocycles. The third kappa shape index (κ3) is 4.68. The number of nitrogens with one attached hydrogen (secondary N) is 1. The van der Waals surface area contributed by atoms with Crippen LogP contribution in [-0.4, -0.2) is 6.54 Å². The van der Waals surface area contributed by atoms with Gasteiger partial charge in [-0.05, 0) is 42.4 Å². The van der Waals surface area contributed by atoms with Gasteiger partial charge in [-0.3, -0.25) is 0 Å². The lowest BCUT2D eigenvalue weighted by atomic mass is 9.84. The molecule has 0 saturated carbocycles. The molecule has 1 aromatic carbocycles. The van der Waals surface area contributed by atoms with Crippen LogP contribution in [0.1, 0.15) is 39.7 Å². The average Bonchev–Trinajstić information content (AvgIpc) is 2.17. The van der Waals surface area contributed by atoms with Crippen LogP contribution in [0.25, 0.3) is 0 Å². The van der Waals surface area contributed by atoms with Crippen LogP contribution in [0.5, 0.6) is 0 Å². The van der Waals surface area contributed by atoms with Crippen molar-refractivity contribution in [3.63, 3.8) is 0 Å². The number of rotatable bonds is 5. The Bertz CT molecular complexity index is 367. The molecule has 0 radical (unpaired) electrons. The maximum atomic E-state index is 5.96. The van der Waals surface area contributed by atoms with E-state index in [1.54, 1.807) is 0 Å². The van der Waals surface area contributed by atoms with Crippen LogP contribution in [0.2, 0.25) is 0 Å². The number of aryl methyl sites for hydroxylation is 1. The van der Waals surface area contributed by atoms with Crippen LogP contribution >= 0.6 is 0 Å². The number of nitrogen functional groups attached to an aromatic ring is 1. The molecule has 3 N–H and O–H groups in total. The lowest BCUT2D eigenvalue weighted by Gasteiger charge is -2.28. The summed E-state index contributed by atoms with van der Waals surface area (Å²) in [6.45, 7) is 12.2. The Morgan fingerprint density at radius 3 is 2.53 bits per heavy atom. The molecule has 0 aliphatic rings. The summed E-state index contributed by atoms with van der Waals surface area (Å²) in [7, 11) is 0. The first-order valence-corrected chi connectivity index (χ1v) is 6.40. The molecule has 0 atom stereocenters. The molecule has 96 valence electrons. The van der Waals surface area contributed by atoms with Gasteiger partial charge in [-0.25, -0.2) is 0 Å². The summed E-state index contributed by atoms with van der Waals surface area (Å²) >= 11 is 0. The first-order chi connectivity index (χ1) is 7.80. The average molecular weight is 234 g/mol. The quantitative estimate of drug-likeness (QED) is 0.754. The maximum absolute atomic E-state index is 5.96. The summed E-state index contributed by atoms with van der Waals surface area (Å²) in [6.07, 6.45) is 1.21. The summed E-state index contributed by atoms with van der Waals surface area (Å²) in [4.78, 5) is 0. The minimum Gasteiger partial charge on any atom is -0.397 e. The minimum absolute atomic E-state index is 0.296. The van der Waals surface area contributed by atoms with Gasteiger partial charge in [0.25, 0.3) is 0 Å². The molecule has 0 bridgehead atoms. The normalized spacial score (nSPS) is 11.9. The molecule has 0 fully saturated rings. The van der Waals surface area contributed by atoms with E-state index in [2.05, 4.69) is 46.0 Å². The molecular weight excluding hydrogens is 208 g/mol. The van der Waals surface area contributed by atoms with E-state index in [1.807, 2.05) is 12.1 Å². The monoisotopic (exact) mass is 234 g/mol. The summed E-state index contributed by atoms with van der Waals surface area (Å²) in [5, 5.41) is 3.47. The van der Waals surface area contributed by atoms with Crippen molar-refractivity contribution in [3.05, 3.63) is 23.8 Å². The van der Waals surface area contributed by atoms with Crippen molar-refractivity contribution >= 4 is 11.4 Å². The van der Waals surface area contributed by atoms with Crippen LogP contribution in [-0.2, 0) is 0 Å². The highest BCUT2D eigenvalue weighted by molar-refractivity contribution is 5.66. The Balaban J connectivity index is 2.63. The van der Waals surface area contributed by atoms with Gasteiger partial charge in [0.05, 0.1) is 11.4 Å². The zero-order chi connectivity index (χ0) is 13.1. The molecule has 1 rings (SSSR count). The van der Waals surface area contributed by atoms with Crippen LogP contribution < -0.4 is 11.1 Å². The lowest BCUT2D eigenvalue weighted by Crippen LogP contribution is -2.25. The van der Waals surface area contributed by atoms with E-state index in [1.165, 1.54) is 12.0 Å². The van der Waals surface area contributed by atoms with Gasteiger partial charge in [0.15, 0.2) is 0 Å². The van der Waals surface area contributed by atoms with Gasteiger partial charge in [-0.15, -0.1) is 0 Å². The van der Waals surface area contributed by atoms with Crippen LogP contribution in [0.4, 0.5) is 11.4 Å². The minimum atomic E-state index is 0.296. The Hall–Kier alpha value is -1.18. The predicted molar refractivity (Wildman–Crippen MR) is 77.3 cm³/mol. The smallest absolute Gasteiger partial charge is 0.0576 e. The fourth-order valence-corrected chi connectivity index (χ4v) is 2.34. The zero-order valence-electron chi connectivity index (χ0n) is 11.8. The maximum Gasteiger partial charge on any atom is 0.0576 e. The fourth-order valence-electron chi connectivity index (χ4n) is 2.34. The molecular formula is C15H26N2. The van der Waals surface area contributed by atoms with Gasteiger partial charge >= 0.3 is 0 Å². The summed E-state index contributed by atoms with van der Waals surface area (Å²) in [6, 6.07) is 6.12.